The largest absolute Gasteiger partial charge is 0.493 e. The van der Waals surface area contributed by atoms with Gasteiger partial charge in [0.2, 0.25) is 5.79 Å². The molecule has 4 saturated carbocycles. The van der Waals surface area contributed by atoms with Crippen LogP contribution in [0.25, 0.3) is 0 Å². The molecule has 1 spiro atoms. The minimum atomic E-state index is -1.79. The summed E-state index contributed by atoms with van der Waals surface area (Å²) in [5, 5.41) is 61.1. The van der Waals surface area contributed by atoms with Gasteiger partial charge in [-0.1, -0.05) is 13.8 Å². The van der Waals surface area contributed by atoms with Gasteiger partial charge < -0.3 is 44.5 Å². The SMILES string of the molecule is COc1ccc(C(=O)O[C@H]2CC[C@@]3(C)[C@@H]4CC[C@H]5[C@]6(O)[C@@H](O)[C@H](O)[C@H]7[C@@H](CN8C[C@@H](C)CC[C@H]8[C@@]7(C)O)[C@@H]6C[C@@]53O[C@@]24O)cc1OC. The first-order valence-corrected chi connectivity index (χ1v) is 17.6. The molecule has 11 nitrogen and oxygen atoms in total. The number of carbonyl (C=O) groups is 1. The maximum absolute atomic E-state index is 13.5. The number of aliphatic hydroxyl groups excluding tert-OH is 2. The number of hydrogen-bond donors (Lipinski definition) is 5. The molecule has 47 heavy (non-hydrogen) atoms. The topological polar surface area (TPSA) is 158 Å². The third-order valence-corrected chi connectivity index (χ3v) is 14.7. The molecule has 1 aromatic carbocycles. The molecule has 0 unspecified atom stereocenters. The summed E-state index contributed by atoms with van der Waals surface area (Å²) in [6.07, 6.45) is 0.454. The number of methoxy groups -OCH3 is 2. The van der Waals surface area contributed by atoms with Crippen LogP contribution in [-0.4, -0.2) is 111 Å². The number of rotatable bonds is 4. The summed E-state index contributed by atoms with van der Waals surface area (Å²) >= 11 is 0. The Bertz CT molecular complexity index is 1450. The van der Waals surface area contributed by atoms with Crippen molar-refractivity contribution in [3.05, 3.63) is 23.8 Å². The number of fused-ring (bicyclic) bond motifs is 5. The molecule has 7 fully saturated rings. The van der Waals surface area contributed by atoms with Crippen LogP contribution in [0.15, 0.2) is 18.2 Å². The molecule has 0 aromatic heterocycles. The number of carbonyl (C=O) groups excluding carboxylic acids is 1. The molecule has 3 aliphatic heterocycles. The van der Waals surface area contributed by atoms with Gasteiger partial charge in [0.15, 0.2) is 17.6 Å². The molecular formula is C36H51NO10. The molecule has 0 amide bonds. The zero-order valence-corrected chi connectivity index (χ0v) is 28.1. The average molecular weight is 658 g/mol. The van der Waals surface area contributed by atoms with Gasteiger partial charge in [-0.2, -0.15) is 0 Å². The summed E-state index contributed by atoms with van der Waals surface area (Å²) < 4.78 is 23.7. The van der Waals surface area contributed by atoms with Crippen molar-refractivity contribution in [3.8, 4) is 11.5 Å². The summed E-state index contributed by atoms with van der Waals surface area (Å²) in [5.74, 6) is -3.32. The zero-order valence-electron chi connectivity index (χ0n) is 28.1. The van der Waals surface area contributed by atoms with Crippen LogP contribution in [0.4, 0.5) is 0 Å². The van der Waals surface area contributed by atoms with Gasteiger partial charge in [-0.3, -0.25) is 4.90 Å². The van der Waals surface area contributed by atoms with Gasteiger partial charge in [0, 0.05) is 42.3 Å². The minimum Gasteiger partial charge on any atom is -0.493 e. The third kappa shape index (κ3) is 3.91. The number of aliphatic hydroxyl groups is 5. The summed E-state index contributed by atoms with van der Waals surface area (Å²) in [6, 6.07) is 4.65. The molecule has 3 heterocycles. The van der Waals surface area contributed by atoms with Crippen LogP contribution in [0.5, 0.6) is 11.5 Å². The predicted octanol–water partition coefficient (Wildman–Crippen LogP) is 2.10. The average Bonchev–Trinajstić information content (AvgIpc) is 3.28. The molecule has 260 valence electrons. The van der Waals surface area contributed by atoms with E-state index in [1.165, 1.54) is 14.2 Å². The fourth-order valence-electron chi connectivity index (χ4n) is 12.7. The van der Waals surface area contributed by atoms with Crippen molar-refractivity contribution in [2.24, 2.45) is 40.9 Å². The van der Waals surface area contributed by atoms with E-state index in [9.17, 15) is 30.3 Å². The van der Waals surface area contributed by atoms with Gasteiger partial charge in [0.1, 0.15) is 11.7 Å². The standard InChI is InChI=1S/C36H51NO10/c1-18-6-11-26-33(3,41)28-20(17-37(26)16-18)21-15-34-25(35(21,42)30(39)29(28)38)10-9-24-32(34,2)13-12-27(36(24,43)47-34)46-31(40)19-7-8-22(44-4)23(14-19)45-5/h7-8,14,18,20-21,24-30,38-39,41-43H,6,9-13,15-17H2,1-5H3/t18-,20-,21-,24-,25+,26-,27-,28+,29+,30-,32-,33+,34+,35-,36+/m0/s1. The minimum absolute atomic E-state index is 0.125. The normalized spacial score (nSPS) is 52.9. The van der Waals surface area contributed by atoms with E-state index in [4.69, 9.17) is 18.9 Å². The summed E-state index contributed by atoms with van der Waals surface area (Å²) in [7, 11) is 3.01. The second-order valence-electron chi connectivity index (χ2n) is 16.5. The fraction of sp³-hybridized carbons (Fsp3) is 0.806. The number of benzene rings is 1. The molecule has 1 aromatic rings. The maximum Gasteiger partial charge on any atom is 0.338 e. The van der Waals surface area contributed by atoms with E-state index in [2.05, 4.69) is 18.7 Å². The van der Waals surface area contributed by atoms with Crippen molar-refractivity contribution in [2.75, 3.05) is 27.3 Å². The lowest BCUT2D eigenvalue weighted by Crippen LogP contribution is -2.76. The van der Waals surface area contributed by atoms with Crippen LogP contribution in [0.3, 0.4) is 0 Å². The molecule has 0 radical (unpaired) electrons. The molecule has 3 saturated heterocycles. The summed E-state index contributed by atoms with van der Waals surface area (Å²) in [5.41, 5.74) is -4.24. The van der Waals surface area contributed by atoms with E-state index in [1.54, 1.807) is 25.1 Å². The monoisotopic (exact) mass is 657 g/mol. The lowest BCUT2D eigenvalue weighted by Gasteiger charge is -2.63. The first-order valence-electron chi connectivity index (χ1n) is 17.6. The van der Waals surface area contributed by atoms with Crippen molar-refractivity contribution in [2.45, 2.75) is 113 Å². The van der Waals surface area contributed by atoms with E-state index in [-0.39, 0.29) is 23.4 Å². The molecule has 7 aliphatic rings. The Hall–Kier alpha value is -1.99. The van der Waals surface area contributed by atoms with Crippen molar-refractivity contribution in [1.82, 2.24) is 4.90 Å². The molecule has 5 N–H and O–H groups in total. The van der Waals surface area contributed by atoms with Crippen LogP contribution in [0, 0.1) is 40.9 Å². The fourth-order valence-corrected chi connectivity index (χ4v) is 12.7. The van der Waals surface area contributed by atoms with Crippen molar-refractivity contribution in [1.29, 1.82) is 0 Å². The molecule has 4 aliphatic carbocycles. The maximum atomic E-state index is 13.5. The summed E-state index contributed by atoms with van der Waals surface area (Å²) in [4.78, 5) is 15.8. The second kappa shape index (κ2) is 10.3. The lowest BCUT2D eigenvalue weighted by atomic mass is 9.49. The van der Waals surface area contributed by atoms with Crippen LogP contribution in [0.1, 0.15) is 76.1 Å². The number of nitrogens with zero attached hydrogens (tertiary/aromatic N) is 1. The smallest absolute Gasteiger partial charge is 0.338 e. The zero-order chi connectivity index (χ0) is 33.5. The highest BCUT2D eigenvalue weighted by Gasteiger charge is 2.85. The Balaban J connectivity index is 1.14. The van der Waals surface area contributed by atoms with Gasteiger partial charge >= 0.3 is 5.97 Å². The van der Waals surface area contributed by atoms with Crippen molar-refractivity contribution >= 4 is 5.97 Å². The van der Waals surface area contributed by atoms with E-state index in [1.807, 2.05) is 0 Å². The predicted molar refractivity (Wildman–Crippen MR) is 168 cm³/mol. The molecular weight excluding hydrogens is 606 g/mol. The first kappa shape index (κ1) is 32.2. The van der Waals surface area contributed by atoms with Gasteiger partial charge in [-0.05, 0) is 87.8 Å². The van der Waals surface area contributed by atoms with Gasteiger partial charge in [-0.15, -0.1) is 0 Å². The molecule has 4 bridgehead atoms. The Morgan fingerprint density at radius 3 is 2.40 bits per heavy atom. The highest BCUT2D eigenvalue weighted by atomic mass is 16.7. The van der Waals surface area contributed by atoms with Crippen LogP contribution in [0.2, 0.25) is 0 Å². The van der Waals surface area contributed by atoms with E-state index in [0.29, 0.717) is 56.1 Å². The highest BCUT2D eigenvalue weighted by Crippen LogP contribution is 2.77. The first-order chi connectivity index (χ1) is 22.2. The Morgan fingerprint density at radius 2 is 1.68 bits per heavy atom. The van der Waals surface area contributed by atoms with Gasteiger partial charge in [0.25, 0.3) is 0 Å². The Morgan fingerprint density at radius 1 is 0.957 bits per heavy atom. The highest BCUT2D eigenvalue weighted by molar-refractivity contribution is 5.90. The Kier molecular flexibility index (Phi) is 7.05. The van der Waals surface area contributed by atoms with Gasteiger partial charge in [0.05, 0.1) is 37.1 Å². The van der Waals surface area contributed by atoms with Crippen LogP contribution in [-0.2, 0) is 9.47 Å². The van der Waals surface area contributed by atoms with Crippen LogP contribution >= 0.6 is 0 Å². The number of esters is 1. The quantitative estimate of drug-likeness (QED) is 0.302. The molecule has 8 rings (SSSR count). The van der Waals surface area contributed by atoms with Crippen LogP contribution < -0.4 is 9.47 Å². The Labute approximate surface area is 276 Å². The molecule has 15 atom stereocenters. The third-order valence-electron chi connectivity index (χ3n) is 14.7. The lowest BCUT2D eigenvalue weighted by molar-refractivity contribution is -0.290. The molecule has 11 heteroatoms. The summed E-state index contributed by atoms with van der Waals surface area (Å²) in [6.45, 7) is 7.60. The van der Waals surface area contributed by atoms with E-state index >= 15 is 0 Å². The van der Waals surface area contributed by atoms with E-state index < -0.39 is 70.0 Å². The van der Waals surface area contributed by atoms with Gasteiger partial charge in [-0.25, -0.2) is 4.79 Å². The number of hydrogen-bond acceptors (Lipinski definition) is 11. The van der Waals surface area contributed by atoms with Crippen molar-refractivity contribution < 1.29 is 49.3 Å². The van der Waals surface area contributed by atoms with E-state index in [0.717, 1.165) is 19.4 Å². The van der Waals surface area contributed by atoms with Crippen molar-refractivity contribution in [3.63, 3.8) is 0 Å². The number of ether oxygens (including phenoxy) is 4. The number of piperidine rings is 2. The second-order valence-corrected chi connectivity index (χ2v) is 16.5.